The first kappa shape index (κ1) is 13.6. The van der Waals surface area contributed by atoms with Crippen molar-refractivity contribution in [2.24, 2.45) is 0 Å². The topological polar surface area (TPSA) is 9.23 Å². The summed E-state index contributed by atoms with van der Waals surface area (Å²) in [6, 6.07) is 5.89. The van der Waals surface area contributed by atoms with E-state index < -0.39 is 21.4 Å². The zero-order valence-corrected chi connectivity index (χ0v) is 14.8. The van der Waals surface area contributed by atoms with Crippen molar-refractivity contribution in [3.63, 3.8) is 0 Å². The molecule has 0 aliphatic carbocycles. The minimum atomic E-state index is -1.77. The van der Waals surface area contributed by atoms with Crippen LogP contribution in [0, 0.1) is 0 Å². The molecule has 1 aliphatic heterocycles. The van der Waals surface area contributed by atoms with Crippen molar-refractivity contribution in [2.75, 3.05) is 7.11 Å². The van der Waals surface area contributed by atoms with Gasteiger partial charge in [0.15, 0.2) is 0 Å². The van der Waals surface area contributed by atoms with E-state index in [1.54, 1.807) is 7.11 Å². The molecule has 0 aromatic heterocycles. The van der Waals surface area contributed by atoms with Gasteiger partial charge in [-0.25, -0.2) is 0 Å². The predicted octanol–water partition coefficient (Wildman–Crippen LogP) is 3.96. The Hall–Kier alpha value is 0.210. The van der Waals surface area contributed by atoms with Crippen molar-refractivity contribution in [1.82, 2.24) is 0 Å². The fraction of sp³-hybridized carbons (Fsp3) is 0.385. The number of halogens is 2. The summed E-state index contributed by atoms with van der Waals surface area (Å²) in [6.07, 6.45) is 1.08. The van der Waals surface area contributed by atoms with Crippen LogP contribution in [-0.4, -0.2) is 31.7 Å². The second-order valence-electron chi connectivity index (χ2n) is 4.56. The Morgan fingerprint density at radius 1 is 1.47 bits per heavy atom. The van der Waals surface area contributed by atoms with Gasteiger partial charge < -0.3 is 0 Å². The van der Waals surface area contributed by atoms with Crippen molar-refractivity contribution < 1.29 is 4.74 Å². The van der Waals surface area contributed by atoms with E-state index >= 15 is 0 Å². The molecule has 0 saturated heterocycles. The first-order valence-electron chi connectivity index (χ1n) is 5.74. The average molecular weight is 373 g/mol. The van der Waals surface area contributed by atoms with E-state index in [1.807, 2.05) is 12.1 Å². The van der Waals surface area contributed by atoms with Crippen LogP contribution >= 0.6 is 23.2 Å². The van der Waals surface area contributed by atoms with Gasteiger partial charge in [-0.05, 0) is 0 Å². The zero-order chi connectivity index (χ0) is 12.4. The van der Waals surface area contributed by atoms with Gasteiger partial charge in [0.2, 0.25) is 0 Å². The van der Waals surface area contributed by atoms with Crippen LogP contribution in [0.25, 0.3) is 0 Å². The van der Waals surface area contributed by atoms with E-state index in [9.17, 15) is 0 Å². The van der Waals surface area contributed by atoms with Gasteiger partial charge in [0, 0.05) is 0 Å². The standard InChI is InChI=1S/C8H8ClO.C5H7Cl.In/c1-6-3-4-7(9)5-8(6)10-2;1-5(2)3-4-6;/h3-5H,1H2,2H3;1,4H,3H2,2H3;. The fourth-order valence-corrected chi connectivity index (χ4v) is 12.3. The molecule has 1 heterocycles. The second kappa shape index (κ2) is 5.90. The van der Waals surface area contributed by atoms with Crippen LogP contribution in [-0.2, 0) is 4.18 Å². The molecule has 4 heteroatoms. The van der Waals surface area contributed by atoms with Gasteiger partial charge in [0.05, 0.1) is 0 Å². The van der Waals surface area contributed by atoms with Gasteiger partial charge in [0.1, 0.15) is 0 Å². The SMILES string of the molecule is COc1cc(Cl)ccc1[CH2][In]1[CH]=C(C)C[CH]1Cl. The number of ether oxygens (including phenoxy) is 1. The third-order valence-electron chi connectivity index (χ3n) is 3.18. The Bertz CT molecular complexity index is 445. The molecule has 2 rings (SSSR count). The van der Waals surface area contributed by atoms with Crippen LogP contribution in [0.5, 0.6) is 5.75 Å². The average Bonchev–Trinajstić information content (AvgIpc) is 2.60. The molecule has 1 unspecified atom stereocenters. The maximum atomic E-state index is 6.42. The zero-order valence-electron chi connectivity index (χ0n) is 10.0. The van der Waals surface area contributed by atoms with Crippen LogP contribution in [0.3, 0.4) is 0 Å². The van der Waals surface area contributed by atoms with E-state index in [4.69, 9.17) is 27.9 Å². The summed E-state index contributed by atoms with van der Waals surface area (Å²) in [5.41, 5.74) is 2.73. The monoisotopic (exact) mass is 372 g/mol. The van der Waals surface area contributed by atoms with Crippen LogP contribution < -0.4 is 4.74 Å². The van der Waals surface area contributed by atoms with Crippen molar-refractivity contribution in [3.8, 4) is 5.75 Å². The third-order valence-corrected chi connectivity index (χ3v) is 14.5. The van der Waals surface area contributed by atoms with Gasteiger partial charge >= 0.3 is 121 Å². The first-order chi connectivity index (χ1) is 8.10. The van der Waals surface area contributed by atoms with Gasteiger partial charge in [-0.2, -0.15) is 0 Å². The van der Waals surface area contributed by atoms with Crippen LogP contribution in [0.15, 0.2) is 27.6 Å². The predicted molar refractivity (Wildman–Crippen MR) is 75.5 cm³/mol. The molecule has 0 bridgehead atoms. The number of alkyl halides is 1. The molecule has 17 heavy (non-hydrogen) atoms. The molecular weight excluding hydrogens is 358 g/mol. The Kier molecular flexibility index (Phi) is 4.73. The molecule has 0 fully saturated rings. The van der Waals surface area contributed by atoms with E-state index in [-0.39, 0.29) is 0 Å². The Labute approximate surface area is 120 Å². The molecule has 1 nitrogen and oxygen atoms in total. The summed E-state index contributed by atoms with van der Waals surface area (Å²) >= 11 is 10.6. The van der Waals surface area contributed by atoms with Crippen LogP contribution in [0.1, 0.15) is 18.9 Å². The number of methoxy groups -OCH3 is 1. The van der Waals surface area contributed by atoms with Crippen LogP contribution in [0.4, 0.5) is 0 Å². The van der Waals surface area contributed by atoms with E-state index in [0.29, 0.717) is 3.13 Å². The Balaban J connectivity index is 2.18. The number of rotatable bonds is 3. The van der Waals surface area contributed by atoms with Gasteiger partial charge in [0.25, 0.3) is 0 Å². The molecule has 1 aromatic carbocycles. The van der Waals surface area contributed by atoms with Gasteiger partial charge in [-0.15, -0.1) is 0 Å². The third kappa shape index (κ3) is 3.36. The Morgan fingerprint density at radius 3 is 2.82 bits per heavy atom. The molecule has 1 aromatic rings. The van der Waals surface area contributed by atoms with E-state index in [1.165, 1.54) is 11.1 Å². The van der Waals surface area contributed by atoms with Crippen molar-refractivity contribution in [1.29, 1.82) is 0 Å². The number of hydrogen-bond donors (Lipinski definition) is 0. The molecule has 0 spiro atoms. The molecule has 90 valence electrons. The summed E-state index contributed by atoms with van der Waals surface area (Å²) in [5.74, 6) is 0.899. The van der Waals surface area contributed by atoms with Crippen molar-refractivity contribution >= 4 is 44.6 Å². The summed E-state index contributed by atoms with van der Waals surface area (Å²) < 4.78 is 9.40. The molecule has 0 amide bonds. The van der Waals surface area contributed by atoms with Gasteiger partial charge in [-0.3, -0.25) is 0 Å². The summed E-state index contributed by atoms with van der Waals surface area (Å²) in [6.45, 7) is 2.19. The number of benzene rings is 1. The Morgan fingerprint density at radius 2 is 2.24 bits per heavy atom. The molecule has 0 radical (unpaired) electrons. The summed E-state index contributed by atoms with van der Waals surface area (Å²) in [7, 11) is 1.69. The summed E-state index contributed by atoms with van der Waals surface area (Å²) in [4.78, 5) is 0. The van der Waals surface area contributed by atoms with Crippen molar-refractivity contribution in [3.05, 3.63) is 38.2 Å². The second-order valence-corrected chi connectivity index (χ2v) is 15.0. The molecule has 1 aliphatic rings. The molecule has 0 saturated carbocycles. The molecular formula is C13H15Cl2InO. The maximum absolute atomic E-state index is 6.42. The summed E-state index contributed by atoms with van der Waals surface area (Å²) in [5, 5.41) is 0.723. The minimum absolute atomic E-state index is 0.414. The quantitative estimate of drug-likeness (QED) is 0.730. The van der Waals surface area contributed by atoms with Crippen molar-refractivity contribution in [2.45, 2.75) is 20.7 Å². The number of allylic oxidation sites excluding steroid dienone is 1. The van der Waals surface area contributed by atoms with E-state index in [2.05, 4.69) is 16.8 Å². The first-order valence-corrected chi connectivity index (χ1v) is 12.7. The van der Waals surface area contributed by atoms with Gasteiger partial charge in [-0.1, -0.05) is 0 Å². The van der Waals surface area contributed by atoms with Crippen LogP contribution in [0.2, 0.25) is 5.02 Å². The molecule has 0 N–H and O–H groups in total. The van der Waals surface area contributed by atoms with E-state index in [0.717, 1.165) is 21.4 Å². The molecule has 1 atom stereocenters. The fourth-order valence-electron chi connectivity index (χ4n) is 2.32. The normalized spacial score (nSPS) is 19.4. The number of hydrogen-bond acceptors (Lipinski definition) is 1.